The van der Waals surface area contributed by atoms with Crippen LogP contribution in [0.25, 0.3) is 0 Å². The number of fused-ring (bicyclic) bond motifs is 1. The number of imide groups is 1. The summed E-state index contributed by atoms with van der Waals surface area (Å²) >= 11 is 0. The van der Waals surface area contributed by atoms with E-state index in [1.54, 1.807) is 4.90 Å². The third kappa shape index (κ3) is 6.87. The zero-order chi connectivity index (χ0) is 34.0. The first-order chi connectivity index (χ1) is 24.5. The number of amides is 3. The molecule has 0 bridgehead atoms. The molecule has 3 fully saturated rings. The molecule has 2 N–H and O–H groups in total. The molecule has 4 aliphatic rings. The van der Waals surface area contributed by atoms with E-state index in [0.29, 0.717) is 30.7 Å². The number of phenolic OH excluding ortho intramolecular Hbond substituents is 1. The summed E-state index contributed by atoms with van der Waals surface area (Å²) in [5.41, 5.74) is 8.71. The van der Waals surface area contributed by atoms with E-state index in [2.05, 4.69) is 92.8 Å². The van der Waals surface area contributed by atoms with E-state index < -0.39 is 0 Å². The van der Waals surface area contributed by atoms with Crippen LogP contribution in [0.4, 0.5) is 16.2 Å². The number of anilines is 2. The maximum Gasteiger partial charge on any atom is 0.328 e. The highest BCUT2D eigenvalue weighted by Crippen LogP contribution is 2.47. The van der Waals surface area contributed by atoms with Crippen molar-refractivity contribution in [1.29, 1.82) is 0 Å². The van der Waals surface area contributed by atoms with Gasteiger partial charge in [0.2, 0.25) is 5.91 Å². The van der Waals surface area contributed by atoms with Crippen LogP contribution in [-0.4, -0.2) is 78.7 Å². The molecule has 0 saturated carbocycles. The predicted molar refractivity (Wildman–Crippen MR) is 198 cm³/mol. The number of piperazine rings is 1. The summed E-state index contributed by atoms with van der Waals surface area (Å²) in [7, 11) is 0. The van der Waals surface area contributed by atoms with Crippen LogP contribution in [0, 0.1) is 0 Å². The van der Waals surface area contributed by atoms with Crippen LogP contribution in [0.15, 0.2) is 97.1 Å². The molecule has 2 unspecified atom stereocenters. The van der Waals surface area contributed by atoms with Crippen molar-refractivity contribution in [2.75, 3.05) is 55.6 Å². The molecule has 258 valence electrons. The van der Waals surface area contributed by atoms with Gasteiger partial charge in [0.1, 0.15) is 5.75 Å². The fourth-order valence-electron chi connectivity index (χ4n) is 8.84. The Labute approximate surface area is 295 Å². The van der Waals surface area contributed by atoms with Crippen LogP contribution in [0.1, 0.15) is 65.3 Å². The van der Waals surface area contributed by atoms with Gasteiger partial charge in [0.05, 0.1) is 0 Å². The van der Waals surface area contributed by atoms with Gasteiger partial charge in [-0.3, -0.25) is 24.8 Å². The molecule has 8 nitrogen and oxygen atoms in total. The fourth-order valence-corrected chi connectivity index (χ4v) is 8.84. The number of hydrogen-bond acceptors (Lipinski definition) is 6. The van der Waals surface area contributed by atoms with E-state index in [9.17, 15) is 14.7 Å². The number of piperidine rings is 1. The van der Waals surface area contributed by atoms with E-state index in [1.165, 1.54) is 46.3 Å². The van der Waals surface area contributed by atoms with E-state index in [0.717, 1.165) is 64.3 Å². The van der Waals surface area contributed by atoms with Crippen molar-refractivity contribution in [2.24, 2.45) is 0 Å². The van der Waals surface area contributed by atoms with Gasteiger partial charge in [-0.15, -0.1) is 0 Å². The number of rotatable bonds is 7. The second-order valence-corrected chi connectivity index (χ2v) is 14.5. The molecule has 3 saturated heterocycles. The molecule has 0 aromatic heterocycles. The Bertz CT molecular complexity index is 1810. The maximum atomic E-state index is 12.3. The van der Waals surface area contributed by atoms with Crippen molar-refractivity contribution in [3.8, 4) is 5.75 Å². The smallest absolute Gasteiger partial charge is 0.328 e. The molecule has 3 heterocycles. The Morgan fingerprint density at radius 1 is 0.680 bits per heavy atom. The lowest BCUT2D eigenvalue weighted by Gasteiger charge is -2.43. The van der Waals surface area contributed by atoms with Crippen LogP contribution < -0.4 is 15.1 Å². The Kier molecular flexibility index (Phi) is 9.30. The number of hydrogen-bond donors (Lipinski definition) is 2. The molecule has 3 aliphatic heterocycles. The van der Waals surface area contributed by atoms with Crippen molar-refractivity contribution < 1.29 is 14.7 Å². The van der Waals surface area contributed by atoms with Gasteiger partial charge in [0, 0.05) is 82.1 Å². The Balaban J connectivity index is 0.859. The number of aromatic hydroxyl groups is 1. The minimum Gasteiger partial charge on any atom is -0.508 e. The topological polar surface area (TPSA) is 79.4 Å². The first-order valence-corrected chi connectivity index (χ1v) is 18.4. The van der Waals surface area contributed by atoms with Crippen molar-refractivity contribution in [2.45, 2.75) is 56.5 Å². The summed E-state index contributed by atoms with van der Waals surface area (Å²) in [6, 6.07) is 34.7. The van der Waals surface area contributed by atoms with Gasteiger partial charge in [0.15, 0.2) is 0 Å². The van der Waals surface area contributed by atoms with E-state index in [4.69, 9.17) is 0 Å². The monoisotopic (exact) mass is 669 g/mol. The van der Waals surface area contributed by atoms with Gasteiger partial charge in [-0.2, -0.15) is 0 Å². The average molecular weight is 670 g/mol. The normalized spacial score (nSPS) is 22.3. The second kappa shape index (κ2) is 14.3. The van der Waals surface area contributed by atoms with E-state index >= 15 is 0 Å². The highest BCUT2D eigenvalue weighted by Gasteiger charge is 2.33. The lowest BCUT2D eigenvalue weighted by atomic mass is 9.69. The van der Waals surface area contributed by atoms with Crippen molar-refractivity contribution >= 4 is 23.3 Å². The molecule has 4 aromatic rings. The highest BCUT2D eigenvalue weighted by atomic mass is 16.3. The van der Waals surface area contributed by atoms with Crippen LogP contribution in [0.3, 0.4) is 0 Å². The Hall–Kier alpha value is -4.66. The lowest BCUT2D eigenvalue weighted by molar-refractivity contribution is -0.120. The lowest BCUT2D eigenvalue weighted by Crippen LogP contribution is -2.53. The summed E-state index contributed by atoms with van der Waals surface area (Å²) in [6.45, 7) is 7.68. The zero-order valence-corrected chi connectivity index (χ0v) is 28.7. The molecular formula is C42H47N5O3. The zero-order valence-electron chi connectivity index (χ0n) is 28.7. The van der Waals surface area contributed by atoms with Gasteiger partial charge in [0.25, 0.3) is 0 Å². The van der Waals surface area contributed by atoms with E-state index in [1.807, 2.05) is 24.3 Å². The number of urea groups is 1. The average Bonchev–Trinajstić information content (AvgIpc) is 3.15. The van der Waals surface area contributed by atoms with Gasteiger partial charge in [-0.05, 0) is 95.8 Å². The molecule has 8 heteroatoms. The summed E-state index contributed by atoms with van der Waals surface area (Å²) < 4.78 is 0. The molecule has 0 spiro atoms. The second-order valence-electron chi connectivity index (χ2n) is 14.5. The van der Waals surface area contributed by atoms with E-state index in [-0.39, 0.29) is 17.9 Å². The molecule has 4 aromatic carbocycles. The Morgan fingerprint density at radius 3 is 2.22 bits per heavy atom. The van der Waals surface area contributed by atoms with Crippen molar-refractivity contribution in [1.82, 2.24) is 15.1 Å². The maximum absolute atomic E-state index is 12.3. The van der Waals surface area contributed by atoms with Gasteiger partial charge in [-0.1, -0.05) is 60.7 Å². The minimum absolute atomic E-state index is 0.206. The number of benzene rings is 4. The number of aryl methyl sites for hydroxylation is 1. The summed E-state index contributed by atoms with van der Waals surface area (Å²) in [4.78, 5) is 33.3. The fraction of sp³-hybridized carbons (Fsp3) is 0.381. The number of carbonyl (C=O) groups is 2. The van der Waals surface area contributed by atoms with Crippen LogP contribution in [0.5, 0.6) is 5.75 Å². The Morgan fingerprint density at radius 2 is 1.46 bits per heavy atom. The quantitative estimate of drug-likeness (QED) is 0.235. The van der Waals surface area contributed by atoms with Gasteiger partial charge >= 0.3 is 6.03 Å². The first-order valence-electron chi connectivity index (χ1n) is 18.4. The summed E-state index contributed by atoms with van der Waals surface area (Å²) in [5.74, 6) is 0.833. The van der Waals surface area contributed by atoms with Crippen molar-refractivity contribution in [3.63, 3.8) is 0 Å². The number of phenols is 1. The van der Waals surface area contributed by atoms with Crippen LogP contribution in [-0.2, 0) is 17.8 Å². The van der Waals surface area contributed by atoms with Crippen LogP contribution >= 0.6 is 0 Å². The molecule has 0 radical (unpaired) electrons. The largest absolute Gasteiger partial charge is 0.508 e. The predicted octanol–water partition coefficient (Wildman–Crippen LogP) is 6.49. The molecular weight excluding hydrogens is 622 g/mol. The third-order valence-corrected chi connectivity index (χ3v) is 11.5. The molecule has 3 amide bonds. The molecule has 8 rings (SSSR count). The van der Waals surface area contributed by atoms with Crippen molar-refractivity contribution in [3.05, 3.63) is 125 Å². The van der Waals surface area contributed by atoms with Gasteiger partial charge in [-0.25, -0.2) is 4.79 Å². The number of nitrogens with one attached hydrogen (secondary N) is 1. The first kappa shape index (κ1) is 32.5. The standard InChI is InChI=1S/C42H47N5O3/c48-37-14-16-39-33(28-37)11-15-38(31-6-2-1-3-7-31)41(39)32-9-12-34(13-10-32)45-20-17-35(18-21-45)46-25-23-44(24-26-46)29-30-5-4-8-36(27-30)47-22-19-40(49)43-42(47)50/h1-10,12-14,16,27-28,35,38,41,48H,11,15,17-26,29H2,(H,43,49,50). The molecule has 2 atom stereocenters. The number of nitrogens with zero attached hydrogens (tertiary/aromatic N) is 4. The van der Waals surface area contributed by atoms with Crippen LogP contribution in [0.2, 0.25) is 0 Å². The SMILES string of the molecule is O=C1CCN(c2cccc(CN3CCN(C4CCN(c5ccc(C6c7ccc(O)cc7CCC6c6ccccc6)cc5)CC4)CC3)c2)C(=O)N1. The summed E-state index contributed by atoms with van der Waals surface area (Å²) in [6.07, 6.45) is 4.76. The molecule has 1 aliphatic carbocycles. The van der Waals surface area contributed by atoms with Gasteiger partial charge < -0.3 is 10.0 Å². The highest BCUT2D eigenvalue weighted by molar-refractivity contribution is 6.05. The third-order valence-electron chi connectivity index (χ3n) is 11.5. The summed E-state index contributed by atoms with van der Waals surface area (Å²) in [5, 5.41) is 12.6. The number of carbonyl (C=O) groups excluding carboxylic acids is 2. The molecule has 50 heavy (non-hydrogen) atoms. The minimum atomic E-state index is -0.333.